The Morgan fingerprint density at radius 2 is 2.05 bits per heavy atom. The Hall–Kier alpha value is -1.24. The number of amides is 1. The third-order valence-corrected chi connectivity index (χ3v) is 5.90. The Labute approximate surface area is 138 Å². The third-order valence-electron chi connectivity index (χ3n) is 4.01. The predicted molar refractivity (Wildman–Crippen MR) is 90.4 cm³/mol. The van der Waals surface area contributed by atoms with Crippen molar-refractivity contribution in [3.63, 3.8) is 0 Å². The maximum absolute atomic E-state index is 12.4. The SMILES string of the molecule is O=C(N[C@H]1CCCCCC[C@@H]1O)c1csc(-c2cccs2)n1. The number of carbonyl (C=O) groups excluding carboxylic acids is 1. The van der Waals surface area contributed by atoms with Crippen LogP contribution in [0.5, 0.6) is 0 Å². The van der Waals surface area contributed by atoms with E-state index in [0.717, 1.165) is 35.6 Å². The van der Waals surface area contributed by atoms with Gasteiger partial charge in [0.05, 0.1) is 17.0 Å². The fourth-order valence-corrected chi connectivity index (χ4v) is 4.38. The van der Waals surface area contributed by atoms with E-state index in [4.69, 9.17) is 0 Å². The van der Waals surface area contributed by atoms with Crippen molar-refractivity contribution >= 4 is 28.6 Å². The van der Waals surface area contributed by atoms with Crippen molar-refractivity contribution < 1.29 is 9.90 Å². The van der Waals surface area contributed by atoms with Crippen LogP contribution in [0.15, 0.2) is 22.9 Å². The second kappa shape index (κ2) is 7.35. The van der Waals surface area contributed by atoms with Gasteiger partial charge in [-0.25, -0.2) is 4.98 Å². The Morgan fingerprint density at radius 1 is 1.23 bits per heavy atom. The molecule has 0 spiro atoms. The number of aliphatic hydroxyl groups excluding tert-OH is 1. The van der Waals surface area contributed by atoms with E-state index in [2.05, 4.69) is 10.3 Å². The number of hydrogen-bond acceptors (Lipinski definition) is 5. The monoisotopic (exact) mass is 336 g/mol. The lowest BCUT2D eigenvalue weighted by Crippen LogP contribution is -2.43. The van der Waals surface area contributed by atoms with E-state index in [9.17, 15) is 9.90 Å². The molecule has 0 bridgehead atoms. The molecule has 2 N–H and O–H groups in total. The van der Waals surface area contributed by atoms with Crippen LogP contribution in [0.25, 0.3) is 9.88 Å². The van der Waals surface area contributed by atoms with Gasteiger partial charge in [-0.3, -0.25) is 4.79 Å². The van der Waals surface area contributed by atoms with Crippen LogP contribution in [0.3, 0.4) is 0 Å². The van der Waals surface area contributed by atoms with Crippen LogP contribution in [0.2, 0.25) is 0 Å². The topological polar surface area (TPSA) is 62.2 Å². The average Bonchev–Trinajstić information content (AvgIpc) is 3.17. The van der Waals surface area contributed by atoms with Crippen molar-refractivity contribution in [1.29, 1.82) is 0 Å². The van der Waals surface area contributed by atoms with E-state index < -0.39 is 6.10 Å². The maximum atomic E-state index is 12.4. The summed E-state index contributed by atoms with van der Waals surface area (Å²) in [6.07, 6.45) is 5.61. The fourth-order valence-electron chi connectivity index (χ4n) is 2.77. The molecule has 118 valence electrons. The lowest BCUT2D eigenvalue weighted by molar-refractivity contribution is 0.0768. The molecular formula is C16H20N2O2S2. The number of thiazole rings is 1. The Bertz CT molecular complexity index is 609. The summed E-state index contributed by atoms with van der Waals surface area (Å²) in [6, 6.07) is 3.83. The van der Waals surface area contributed by atoms with Gasteiger partial charge < -0.3 is 10.4 Å². The summed E-state index contributed by atoms with van der Waals surface area (Å²) in [6.45, 7) is 0. The summed E-state index contributed by atoms with van der Waals surface area (Å²) in [5.74, 6) is -0.177. The van der Waals surface area contributed by atoms with Crippen LogP contribution in [0, 0.1) is 0 Å². The Kier molecular flexibility index (Phi) is 5.23. The molecule has 2 heterocycles. The van der Waals surface area contributed by atoms with Gasteiger partial charge in [-0.05, 0) is 24.3 Å². The first-order valence-electron chi connectivity index (χ1n) is 7.72. The van der Waals surface area contributed by atoms with Crippen LogP contribution >= 0.6 is 22.7 Å². The average molecular weight is 336 g/mol. The molecule has 0 saturated heterocycles. The molecule has 2 atom stereocenters. The molecule has 22 heavy (non-hydrogen) atoms. The lowest BCUT2D eigenvalue weighted by atomic mass is 9.94. The first-order chi connectivity index (χ1) is 10.7. The largest absolute Gasteiger partial charge is 0.391 e. The number of thiophene rings is 1. The van der Waals surface area contributed by atoms with Crippen LogP contribution in [0.1, 0.15) is 49.0 Å². The summed E-state index contributed by atoms with van der Waals surface area (Å²) in [5.41, 5.74) is 0.447. The minimum Gasteiger partial charge on any atom is -0.391 e. The fraction of sp³-hybridized carbons (Fsp3) is 0.500. The van der Waals surface area contributed by atoms with E-state index in [0.29, 0.717) is 5.69 Å². The molecule has 0 unspecified atom stereocenters. The quantitative estimate of drug-likeness (QED) is 0.898. The zero-order chi connectivity index (χ0) is 15.4. The molecular weight excluding hydrogens is 316 g/mol. The molecule has 0 radical (unpaired) electrons. The molecule has 0 aromatic carbocycles. The smallest absolute Gasteiger partial charge is 0.271 e. The number of nitrogens with zero attached hydrogens (tertiary/aromatic N) is 1. The minimum atomic E-state index is -0.445. The predicted octanol–water partition coefficient (Wildman–Crippen LogP) is 3.69. The molecule has 4 nitrogen and oxygen atoms in total. The van der Waals surface area contributed by atoms with Gasteiger partial charge in [-0.15, -0.1) is 22.7 Å². The summed E-state index contributed by atoms with van der Waals surface area (Å²) in [4.78, 5) is 17.9. The van der Waals surface area contributed by atoms with Gasteiger partial charge in [0.25, 0.3) is 5.91 Å². The number of rotatable bonds is 3. The van der Waals surface area contributed by atoms with Crippen molar-refractivity contribution in [1.82, 2.24) is 10.3 Å². The molecule has 1 aliphatic rings. The van der Waals surface area contributed by atoms with Crippen molar-refractivity contribution in [2.45, 2.75) is 50.7 Å². The van der Waals surface area contributed by atoms with Crippen LogP contribution in [-0.4, -0.2) is 28.1 Å². The van der Waals surface area contributed by atoms with E-state index in [-0.39, 0.29) is 11.9 Å². The molecule has 1 fully saturated rings. The van der Waals surface area contributed by atoms with Gasteiger partial charge in [0.15, 0.2) is 0 Å². The Balaban J connectivity index is 1.66. The molecule has 6 heteroatoms. The third kappa shape index (κ3) is 3.74. The van der Waals surface area contributed by atoms with E-state index in [1.807, 2.05) is 17.5 Å². The highest BCUT2D eigenvalue weighted by molar-refractivity contribution is 7.20. The zero-order valence-electron chi connectivity index (χ0n) is 12.3. The lowest BCUT2D eigenvalue weighted by Gasteiger charge is -2.26. The molecule has 1 aliphatic carbocycles. The van der Waals surface area contributed by atoms with Crippen molar-refractivity contribution in [3.8, 4) is 9.88 Å². The number of hydrogen-bond donors (Lipinski definition) is 2. The molecule has 0 aliphatic heterocycles. The summed E-state index contributed by atoms with van der Waals surface area (Å²) in [7, 11) is 0. The second-order valence-electron chi connectivity index (χ2n) is 5.65. The zero-order valence-corrected chi connectivity index (χ0v) is 14.0. The highest BCUT2D eigenvalue weighted by Gasteiger charge is 2.23. The van der Waals surface area contributed by atoms with Gasteiger partial charge in [0.2, 0.25) is 0 Å². The minimum absolute atomic E-state index is 0.153. The van der Waals surface area contributed by atoms with E-state index in [1.165, 1.54) is 24.2 Å². The number of carbonyl (C=O) groups is 1. The normalized spacial score (nSPS) is 22.8. The van der Waals surface area contributed by atoms with Gasteiger partial charge in [-0.2, -0.15) is 0 Å². The van der Waals surface area contributed by atoms with Crippen molar-refractivity contribution in [3.05, 3.63) is 28.6 Å². The highest BCUT2D eigenvalue weighted by Crippen LogP contribution is 2.28. The van der Waals surface area contributed by atoms with Gasteiger partial charge >= 0.3 is 0 Å². The van der Waals surface area contributed by atoms with Gasteiger partial charge in [-0.1, -0.05) is 31.7 Å². The van der Waals surface area contributed by atoms with E-state index >= 15 is 0 Å². The summed E-state index contributed by atoms with van der Waals surface area (Å²) in [5, 5.41) is 17.8. The van der Waals surface area contributed by atoms with Crippen LogP contribution in [-0.2, 0) is 0 Å². The van der Waals surface area contributed by atoms with Crippen LogP contribution < -0.4 is 5.32 Å². The van der Waals surface area contributed by atoms with E-state index in [1.54, 1.807) is 16.7 Å². The number of nitrogens with one attached hydrogen (secondary N) is 1. The summed E-state index contributed by atoms with van der Waals surface area (Å²) < 4.78 is 0. The Morgan fingerprint density at radius 3 is 2.82 bits per heavy atom. The summed E-state index contributed by atoms with van der Waals surface area (Å²) >= 11 is 3.10. The van der Waals surface area contributed by atoms with Gasteiger partial charge in [0, 0.05) is 5.38 Å². The van der Waals surface area contributed by atoms with Crippen LogP contribution in [0.4, 0.5) is 0 Å². The maximum Gasteiger partial charge on any atom is 0.271 e. The van der Waals surface area contributed by atoms with Crippen molar-refractivity contribution in [2.75, 3.05) is 0 Å². The molecule has 1 amide bonds. The molecule has 2 aromatic heterocycles. The molecule has 2 aromatic rings. The van der Waals surface area contributed by atoms with Crippen molar-refractivity contribution in [2.24, 2.45) is 0 Å². The van der Waals surface area contributed by atoms with Gasteiger partial charge in [0.1, 0.15) is 10.7 Å². The number of aliphatic hydroxyl groups is 1. The first-order valence-corrected chi connectivity index (χ1v) is 9.48. The standard InChI is InChI=1S/C16H20N2O2S2/c19-13-7-4-2-1-3-6-11(13)17-15(20)12-10-22-16(18-12)14-8-5-9-21-14/h5,8-11,13,19H,1-4,6-7H2,(H,17,20)/t11-,13-/m0/s1. The number of aromatic nitrogens is 1. The first kappa shape index (κ1) is 15.6. The molecule has 1 saturated carbocycles. The second-order valence-corrected chi connectivity index (χ2v) is 7.46. The molecule has 3 rings (SSSR count). The highest BCUT2D eigenvalue weighted by atomic mass is 32.1.